The van der Waals surface area contributed by atoms with Crippen molar-refractivity contribution in [3.8, 4) is 0 Å². The molecule has 1 fully saturated rings. The number of hydrogen-bond donors (Lipinski definition) is 1. The van der Waals surface area contributed by atoms with Crippen molar-refractivity contribution >= 4 is 21.7 Å². The smallest absolute Gasteiger partial charge is 0.133 e. The maximum Gasteiger partial charge on any atom is 0.133 e. The van der Waals surface area contributed by atoms with Gasteiger partial charge in [0.2, 0.25) is 0 Å². The standard InChI is InChI=1S/C14H23BrN4/c1-3-4-18-5-7-19(8-6-18)14-12(10-16-2)9-13(15)11-17-14/h9,11,16H,3-8,10H2,1-2H3. The van der Waals surface area contributed by atoms with Gasteiger partial charge in [-0.05, 0) is 42.0 Å². The van der Waals surface area contributed by atoms with E-state index in [1.165, 1.54) is 18.5 Å². The van der Waals surface area contributed by atoms with Crippen molar-refractivity contribution < 1.29 is 0 Å². The van der Waals surface area contributed by atoms with E-state index < -0.39 is 0 Å². The van der Waals surface area contributed by atoms with Gasteiger partial charge in [-0.25, -0.2) is 4.98 Å². The Hall–Kier alpha value is -0.650. The van der Waals surface area contributed by atoms with Gasteiger partial charge < -0.3 is 10.2 Å². The zero-order valence-electron chi connectivity index (χ0n) is 11.8. The van der Waals surface area contributed by atoms with E-state index in [4.69, 9.17) is 0 Å². The summed E-state index contributed by atoms with van der Waals surface area (Å²) in [5, 5.41) is 3.22. The molecule has 0 spiro atoms. The van der Waals surface area contributed by atoms with E-state index >= 15 is 0 Å². The molecule has 0 aromatic carbocycles. The van der Waals surface area contributed by atoms with Gasteiger partial charge in [-0.3, -0.25) is 4.90 Å². The molecule has 0 radical (unpaired) electrons. The van der Waals surface area contributed by atoms with E-state index in [9.17, 15) is 0 Å². The Morgan fingerprint density at radius 2 is 2.05 bits per heavy atom. The van der Waals surface area contributed by atoms with Crippen molar-refractivity contribution in [3.05, 3.63) is 22.3 Å². The Balaban J connectivity index is 2.06. The second-order valence-corrected chi connectivity index (χ2v) is 5.91. The van der Waals surface area contributed by atoms with Crippen LogP contribution in [0.5, 0.6) is 0 Å². The zero-order chi connectivity index (χ0) is 13.7. The predicted octanol–water partition coefficient (Wildman–Crippen LogP) is 2.10. The number of pyridine rings is 1. The fraction of sp³-hybridized carbons (Fsp3) is 0.643. The lowest BCUT2D eigenvalue weighted by Gasteiger charge is -2.36. The van der Waals surface area contributed by atoms with Crippen LogP contribution in [0.3, 0.4) is 0 Å². The van der Waals surface area contributed by atoms with Gasteiger partial charge in [-0.15, -0.1) is 0 Å². The Morgan fingerprint density at radius 1 is 1.32 bits per heavy atom. The molecule has 0 unspecified atom stereocenters. The van der Waals surface area contributed by atoms with Gasteiger partial charge in [0, 0.05) is 49.0 Å². The van der Waals surface area contributed by atoms with Gasteiger partial charge >= 0.3 is 0 Å². The summed E-state index contributed by atoms with van der Waals surface area (Å²) >= 11 is 3.50. The summed E-state index contributed by atoms with van der Waals surface area (Å²) < 4.78 is 1.05. The number of nitrogens with zero attached hydrogens (tertiary/aromatic N) is 3. The van der Waals surface area contributed by atoms with Gasteiger partial charge in [-0.2, -0.15) is 0 Å². The summed E-state index contributed by atoms with van der Waals surface area (Å²) in [7, 11) is 1.98. The Morgan fingerprint density at radius 3 is 2.68 bits per heavy atom. The fourth-order valence-electron chi connectivity index (χ4n) is 2.58. The van der Waals surface area contributed by atoms with Gasteiger partial charge in [0.1, 0.15) is 5.82 Å². The molecular formula is C14H23BrN4. The lowest BCUT2D eigenvalue weighted by Crippen LogP contribution is -2.47. The summed E-state index contributed by atoms with van der Waals surface area (Å²) in [6, 6.07) is 2.16. The number of piperazine rings is 1. The summed E-state index contributed by atoms with van der Waals surface area (Å²) in [6.07, 6.45) is 3.13. The molecule has 0 atom stereocenters. The normalized spacial score (nSPS) is 16.9. The summed E-state index contributed by atoms with van der Waals surface area (Å²) in [4.78, 5) is 9.55. The second-order valence-electron chi connectivity index (χ2n) is 5.00. The molecule has 19 heavy (non-hydrogen) atoms. The van der Waals surface area contributed by atoms with E-state index in [1.54, 1.807) is 0 Å². The highest BCUT2D eigenvalue weighted by Crippen LogP contribution is 2.22. The summed E-state index contributed by atoms with van der Waals surface area (Å²) in [5.74, 6) is 1.13. The van der Waals surface area contributed by atoms with Crippen LogP contribution in [-0.4, -0.2) is 49.7 Å². The minimum Gasteiger partial charge on any atom is -0.354 e. The van der Waals surface area contributed by atoms with Gasteiger partial charge in [0.25, 0.3) is 0 Å². The van der Waals surface area contributed by atoms with Crippen molar-refractivity contribution in [2.45, 2.75) is 19.9 Å². The van der Waals surface area contributed by atoms with Crippen molar-refractivity contribution in [3.63, 3.8) is 0 Å². The van der Waals surface area contributed by atoms with Crippen molar-refractivity contribution in [2.75, 3.05) is 44.7 Å². The predicted molar refractivity (Wildman–Crippen MR) is 83.6 cm³/mol. The first kappa shape index (κ1) is 14.8. The quantitative estimate of drug-likeness (QED) is 0.897. The molecule has 0 bridgehead atoms. The monoisotopic (exact) mass is 326 g/mol. The van der Waals surface area contributed by atoms with Gasteiger partial charge in [-0.1, -0.05) is 6.92 Å². The number of anilines is 1. The third-order valence-corrected chi connectivity index (χ3v) is 3.92. The Labute approximate surface area is 124 Å². The van der Waals surface area contributed by atoms with Crippen LogP contribution in [0.1, 0.15) is 18.9 Å². The molecule has 1 N–H and O–H groups in total. The maximum atomic E-state index is 4.61. The topological polar surface area (TPSA) is 31.4 Å². The summed E-state index contributed by atoms with van der Waals surface area (Å²) in [5.41, 5.74) is 1.26. The van der Waals surface area contributed by atoms with Crippen molar-refractivity contribution in [1.29, 1.82) is 0 Å². The van der Waals surface area contributed by atoms with Crippen LogP contribution in [0.2, 0.25) is 0 Å². The molecule has 2 rings (SSSR count). The van der Waals surface area contributed by atoms with E-state index in [0.29, 0.717) is 0 Å². The van der Waals surface area contributed by atoms with E-state index in [1.807, 2.05) is 13.2 Å². The largest absolute Gasteiger partial charge is 0.354 e. The van der Waals surface area contributed by atoms with Crippen LogP contribution in [-0.2, 0) is 6.54 Å². The molecule has 0 amide bonds. The molecular weight excluding hydrogens is 304 g/mol. The molecule has 0 aliphatic carbocycles. The highest BCUT2D eigenvalue weighted by atomic mass is 79.9. The van der Waals surface area contributed by atoms with Crippen LogP contribution in [0, 0.1) is 0 Å². The van der Waals surface area contributed by atoms with Crippen LogP contribution in [0.15, 0.2) is 16.7 Å². The molecule has 4 nitrogen and oxygen atoms in total. The van der Waals surface area contributed by atoms with Crippen molar-refractivity contribution in [1.82, 2.24) is 15.2 Å². The van der Waals surface area contributed by atoms with Crippen LogP contribution < -0.4 is 10.2 Å². The van der Waals surface area contributed by atoms with Crippen LogP contribution in [0.4, 0.5) is 5.82 Å². The zero-order valence-corrected chi connectivity index (χ0v) is 13.4. The van der Waals surface area contributed by atoms with Crippen LogP contribution >= 0.6 is 15.9 Å². The lowest BCUT2D eigenvalue weighted by atomic mass is 10.2. The fourth-order valence-corrected chi connectivity index (χ4v) is 2.96. The minimum atomic E-state index is 0.858. The number of halogens is 1. The molecule has 1 aliphatic rings. The van der Waals surface area contributed by atoms with Gasteiger partial charge in [0.05, 0.1) is 0 Å². The average Bonchev–Trinajstić information content (AvgIpc) is 2.41. The molecule has 1 saturated heterocycles. The number of rotatable bonds is 5. The van der Waals surface area contributed by atoms with E-state index in [-0.39, 0.29) is 0 Å². The average molecular weight is 327 g/mol. The number of nitrogens with one attached hydrogen (secondary N) is 1. The highest BCUT2D eigenvalue weighted by molar-refractivity contribution is 9.10. The first-order valence-electron chi connectivity index (χ1n) is 7.01. The molecule has 1 aromatic heterocycles. The van der Waals surface area contributed by atoms with E-state index in [2.05, 4.69) is 49.0 Å². The molecule has 1 aromatic rings. The molecule has 5 heteroatoms. The molecule has 1 aliphatic heterocycles. The lowest BCUT2D eigenvalue weighted by molar-refractivity contribution is 0.258. The Kier molecular flexibility index (Phi) is 5.60. The molecule has 2 heterocycles. The SMILES string of the molecule is CCCN1CCN(c2ncc(Br)cc2CNC)CC1. The number of aromatic nitrogens is 1. The van der Waals surface area contributed by atoms with Crippen LogP contribution in [0.25, 0.3) is 0 Å². The third-order valence-electron chi connectivity index (χ3n) is 3.49. The first-order chi connectivity index (χ1) is 9.24. The number of hydrogen-bond acceptors (Lipinski definition) is 4. The highest BCUT2D eigenvalue weighted by Gasteiger charge is 2.19. The van der Waals surface area contributed by atoms with Crippen molar-refractivity contribution in [2.24, 2.45) is 0 Å². The van der Waals surface area contributed by atoms with Gasteiger partial charge in [0.15, 0.2) is 0 Å². The second kappa shape index (κ2) is 7.22. The minimum absolute atomic E-state index is 0.858. The molecule has 106 valence electrons. The Bertz CT molecular complexity index is 402. The summed E-state index contributed by atoms with van der Waals surface area (Å²) in [6.45, 7) is 8.75. The molecule has 0 saturated carbocycles. The third kappa shape index (κ3) is 3.91. The van der Waals surface area contributed by atoms with E-state index in [0.717, 1.165) is 43.0 Å². The first-order valence-corrected chi connectivity index (χ1v) is 7.80. The maximum absolute atomic E-state index is 4.61.